The maximum Gasteiger partial charge on any atom is 0.144 e. The molecule has 0 saturated carbocycles. The van der Waals surface area contributed by atoms with Crippen molar-refractivity contribution in [3.63, 3.8) is 0 Å². The van der Waals surface area contributed by atoms with E-state index in [2.05, 4.69) is 21.4 Å². The van der Waals surface area contributed by atoms with Gasteiger partial charge in [0.2, 0.25) is 0 Å². The second kappa shape index (κ2) is 5.41. The molecule has 2 aromatic rings. The molecule has 2 rings (SSSR count). The topological polar surface area (TPSA) is 61.6 Å². The van der Waals surface area contributed by atoms with Crippen LogP contribution in [0.4, 0.5) is 5.82 Å². The Morgan fingerprint density at radius 1 is 1.41 bits per heavy atom. The van der Waals surface area contributed by atoms with Gasteiger partial charge in [0.1, 0.15) is 11.9 Å². The van der Waals surface area contributed by atoms with E-state index in [1.165, 1.54) is 0 Å². The number of hydrogen-bond acceptors (Lipinski definition) is 5. The highest BCUT2D eigenvalue weighted by Crippen LogP contribution is 2.15. The fourth-order valence-electron chi connectivity index (χ4n) is 1.50. The average Bonchev–Trinajstić information content (AvgIpc) is 2.82. The summed E-state index contributed by atoms with van der Waals surface area (Å²) < 4.78 is 0. The first-order valence-electron chi connectivity index (χ1n) is 5.29. The lowest BCUT2D eigenvalue weighted by Crippen LogP contribution is -2.08. The predicted octanol–water partition coefficient (Wildman–Crippen LogP) is 2.37. The van der Waals surface area contributed by atoms with E-state index in [1.54, 1.807) is 23.7 Å². The minimum absolute atomic E-state index is 0.617. The number of aromatic nitrogens is 2. The van der Waals surface area contributed by atoms with Crippen LogP contribution in [-0.4, -0.2) is 16.5 Å². The Morgan fingerprint density at radius 3 is 3.00 bits per heavy atom. The van der Waals surface area contributed by atoms with Crippen LogP contribution in [0.25, 0.3) is 0 Å². The number of hydrogen-bond donors (Lipinski definition) is 1. The van der Waals surface area contributed by atoms with Gasteiger partial charge in [-0.1, -0.05) is 0 Å². The first-order chi connectivity index (χ1) is 8.31. The summed E-state index contributed by atoms with van der Waals surface area (Å²) in [6.45, 7) is 2.64. The van der Waals surface area contributed by atoms with Crippen LogP contribution in [0.1, 0.15) is 16.1 Å². The van der Waals surface area contributed by atoms with Crippen molar-refractivity contribution in [3.8, 4) is 6.07 Å². The highest BCUT2D eigenvalue weighted by atomic mass is 32.1. The first-order valence-corrected chi connectivity index (χ1v) is 6.17. The minimum atomic E-state index is 0.617. The molecule has 0 unspecified atom stereocenters. The predicted molar refractivity (Wildman–Crippen MR) is 68.0 cm³/mol. The number of nitrogens with zero attached hydrogens (tertiary/aromatic N) is 3. The summed E-state index contributed by atoms with van der Waals surface area (Å²) in [5, 5.41) is 15.3. The van der Waals surface area contributed by atoms with Crippen LogP contribution in [0, 0.1) is 18.3 Å². The molecule has 0 atom stereocenters. The second-order valence-electron chi connectivity index (χ2n) is 3.57. The molecule has 0 spiro atoms. The highest BCUT2D eigenvalue weighted by molar-refractivity contribution is 7.09. The number of anilines is 1. The Morgan fingerprint density at radius 2 is 2.29 bits per heavy atom. The van der Waals surface area contributed by atoms with Crippen LogP contribution >= 0.6 is 11.3 Å². The molecular weight excluding hydrogens is 232 g/mol. The van der Waals surface area contributed by atoms with E-state index in [0.29, 0.717) is 11.4 Å². The van der Waals surface area contributed by atoms with E-state index in [9.17, 15) is 0 Å². The molecule has 17 heavy (non-hydrogen) atoms. The van der Waals surface area contributed by atoms with Crippen LogP contribution < -0.4 is 5.32 Å². The lowest BCUT2D eigenvalue weighted by Gasteiger charge is -2.07. The molecule has 0 aliphatic heterocycles. The number of nitriles is 1. The molecule has 0 radical (unpaired) electrons. The SMILES string of the molecule is Cc1ccnc(NCCc2nccs2)c1C#N. The Balaban J connectivity index is 2.00. The molecule has 0 aliphatic rings. The number of aryl methyl sites for hydroxylation is 1. The maximum absolute atomic E-state index is 9.04. The van der Waals surface area contributed by atoms with E-state index in [1.807, 2.05) is 18.4 Å². The standard InChI is InChI=1S/C12H12N4S/c1-9-2-4-15-12(10(9)8-13)16-5-3-11-14-6-7-17-11/h2,4,6-7H,3,5H2,1H3,(H,15,16). The molecule has 0 bridgehead atoms. The van der Waals surface area contributed by atoms with Crippen molar-refractivity contribution in [2.45, 2.75) is 13.3 Å². The summed E-state index contributed by atoms with van der Waals surface area (Å²) in [6, 6.07) is 4.01. The minimum Gasteiger partial charge on any atom is -0.369 e. The Bertz CT molecular complexity index is 528. The van der Waals surface area contributed by atoms with Crippen LogP contribution in [-0.2, 0) is 6.42 Å². The molecule has 0 aromatic carbocycles. The summed E-state index contributed by atoms with van der Waals surface area (Å²) in [5.74, 6) is 0.657. The van der Waals surface area contributed by atoms with Gasteiger partial charge in [0, 0.05) is 30.7 Å². The molecule has 2 heterocycles. The van der Waals surface area contributed by atoms with Crippen LogP contribution in [0.15, 0.2) is 23.8 Å². The largest absolute Gasteiger partial charge is 0.369 e. The molecule has 0 saturated heterocycles. The maximum atomic E-state index is 9.04. The number of pyridine rings is 1. The monoisotopic (exact) mass is 244 g/mol. The third kappa shape index (κ3) is 2.80. The second-order valence-corrected chi connectivity index (χ2v) is 4.54. The molecule has 5 heteroatoms. The molecule has 86 valence electrons. The van der Waals surface area contributed by atoms with Crippen LogP contribution in [0.2, 0.25) is 0 Å². The Hall–Kier alpha value is -1.93. The molecule has 1 N–H and O–H groups in total. The highest BCUT2D eigenvalue weighted by Gasteiger charge is 2.05. The zero-order chi connectivity index (χ0) is 12.1. The number of rotatable bonds is 4. The Kier molecular flexibility index (Phi) is 3.68. The van der Waals surface area contributed by atoms with Crippen molar-refractivity contribution in [1.82, 2.24) is 9.97 Å². The fourth-order valence-corrected chi connectivity index (χ4v) is 2.12. The molecule has 4 nitrogen and oxygen atoms in total. The third-order valence-electron chi connectivity index (χ3n) is 2.39. The van der Waals surface area contributed by atoms with Gasteiger partial charge >= 0.3 is 0 Å². The van der Waals surface area contributed by atoms with Crippen molar-refractivity contribution < 1.29 is 0 Å². The Labute approximate surface area is 104 Å². The number of thiazole rings is 1. The smallest absolute Gasteiger partial charge is 0.144 e. The van der Waals surface area contributed by atoms with Gasteiger partial charge in [0.05, 0.1) is 10.6 Å². The summed E-state index contributed by atoms with van der Waals surface area (Å²) in [4.78, 5) is 8.38. The van der Waals surface area contributed by atoms with Crippen molar-refractivity contribution in [1.29, 1.82) is 5.26 Å². The first kappa shape index (κ1) is 11.6. The van der Waals surface area contributed by atoms with E-state index in [0.717, 1.165) is 23.5 Å². The summed E-state index contributed by atoms with van der Waals surface area (Å²) in [5.41, 5.74) is 1.56. The fraction of sp³-hybridized carbons (Fsp3) is 0.250. The van der Waals surface area contributed by atoms with Crippen LogP contribution in [0.3, 0.4) is 0 Å². The van der Waals surface area contributed by atoms with E-state index < -0.39 is 0 Å². The van der Waals surface area contributed by atoms with Gasteiger partial charge < -0.3 is 5.32 Å². The van der Waals surface area contributed by atoms with Crippen LogP contribution in [0.5, 0.6) is 0 Å². The van der Waals surface area contributed by atoms with Crippen molar-refractivity contribution in [2.75, 3.05) is 11.9 Å². The van der Waals surface area contributed by atoms with Crippen molar-refractivity contribution >= 4 is 17.2 Å². The average molecular weight is 244 g/mol. The van der Waals surface area contributed by atoms with Crippen molar-refractivity contribution in [2.24, 2.45) is 0 Å². The van der Waals surface area contributed by atoms with E-state index in [-0.39, 0.29) is 0 Å². The lowest BCUT2D eigenvalue weighted by molar-refractivity contribution is 0.985. The van der Waals surface area contributed by atoms with Gasteiger partial charge in [-0.3, -0.25) is 0 Å². The van der Waals surface area contributed by atoms with Gasteiger partial charge in [-0.2, -0.15) is 5.26 Å². The molecule has 0 aliphatic carbocycles. The molecule has 0 amide bonds. The van der Waals surface area contributed by atoms with Gasteiger partial charge in [0.15, 0.2) is 0 Å². The van der Waals surface area contributed by atoms with Gasteiger partial charge in [0.25, 0.3) is 0 Å². The molecule has 2 aromatic heterocycles. The van der Waals surface area contributed by atoms with Crippen molar-refractivity contribution in [3.05, 3.63) is 40.0 Å². The molecule has 0 fully saturated rings. The zero-order valence-electron chi connectivity index (χ0n) is 9.47. The normalized spacial score (nSPS) is 9.88. The number of nitrogens with one attached hydrogen (secondary N) is 1. The summed E-state index contributed by atoms with van der Waals surface area (Å²) in [6.07, 6.45) is 4.35. The van der Waals surface area contributed by atoms with Gasteiger partial charge in [-0.15, -0.1) is 11.3 Å². The quantitative estimate of drug-likeness (QED) is 0.897. The zero-order valence-corrected chi connectivity index (χ0v) is 10.3. The third-order valence-corrected chi connectivity index (χ3v) is 3.23. The van der Waals surface area contributed by atoms with Gasteiger partial charge in [-0.25, -0.2) is 9.97 Å². The van der Waals surface area contributed by atoms with E-state index >= 15 is 0 Å². The van der Waals surface area contributed by atoms with Gasteiger partial charge in [-0.05, 0) is 18.6 Å². The van der Waals surface area contributed by atoms with E-state index in [4.69, 9.17) is 5.26 Å². The molecular formula is C12H12N4S. The summed E-state index contributed by atoms with van der Waals surface area (Å²) >= 11 is 1.63. The lowest BCUT2D eigenvalue weighted by atomic mass is 10.1. The summed E-state index contributed by atoms with van der Waals surface area (Å²) in [7, 11) is 0.